The number of nitrogens with zero attached hydrogens (tertiary/aromatic N) is 1. The number of carbonyl (C=O) groups is 1. The van der Waals surface area contributed by atoms with Crippen LogP contribution >= 0.6 is 0 Å². The maximum Gasteiger partial charge on any atom is 0.418 e. The third kappa shape index (κ3) is 3.47. The zero-order valence-electron chi connectivity index (χ0n) is 10.3. The van der Waals surface area contributed by atoms with E-state index in [-0.39, 0.29) is 5.75 Å². The quantitative estimate of drug-likeness (QED) is 0.886. The van der Waals surface area contributed by atoms with E-state index in [1.54, 1.807) is 0 Å². The summed E-state index contributed by atoms with van der Waals surface area (Å²) >= 11 is 0. The van der Waals surface area contributed by atoms with Crippen molar-refractivity contribution in [2.24, 2.45) is 5.73 Å². The van der Waals surface area contributed by atoms with Crippen LogP contribution in [0, 0.1) is 5.82 Å². The highest BCUT2D eigenvalue weighted by Crippen LogP contribution is 2.33. The molecule has 0 atom stereocenters. The molecule has 1 aromatic heterocycles. The van der Waals surface area contributed by atoms with Crippen LogP contribution in [0.3, 0.4) is 0 Å². The van der Waals surface area contributed by atoms with E-state index in [4.69, 9.17) is 10.5 Å². The van der Waals surface area contributed by atoms with Gasteiger partial charge in [0.2, 0.25) is 0 Å². The number of aromatic nitrogens is 1. The third-order valence-electron chi connectivity index (χ3n) is 2.45. The molecule has 1 aromatic carbocycles. The minimum atomic E-state index is -4.65. The van der Waals surface area contributed by atoms with Gasteiger partial charge in [0, 0.05) is 6.20 Å². The Morgan fingerprint density at radius 2 is 1.81 bits per heavy atom. The number of nitrogens with two attached hydrogens (primary N) is 1. The Hall–Kier alpha value is -2.64. The number of pyridine rings is 1. The summed E-state index contributed by atoms with van der Waals surface area (Å²) in [5, 5.41) is 0. The Kier molecular flexibility index (Phi) is 3.79. The first-order chi connectivity index (χ1) is 9.77. The molecule has 2 N–H and O–H groups in total. The lowest BCUT2D eigenvalue weighted by molar-refractivity contribution is -0.137. The van der Waals surface area contributed by atoms with E-state index in [0.29, 0.717) is 12.3 Å². The zero-order valence-corrected chi connectivity index (χ0v) is 10.3. The van der Waals surface area contributed by atoms with E-state index >= 15 is 0 Å². The summed E-state index contributed by atoms with van der Waals surface area (Å²) in [6.45, 7) is 0. The number of benzene rings is 1. The Balaban J connectivity index is 2.43. The Labute approximate surface area is 116 Å². The van der Waals surface area contributed by atoms with E-state index in [0.717, 1.165) is 12.1 Å². The normalized spacial score (nSPS) is 11.2. The van der Waals surface area contributed by atoms with Crippen LogP contribution in [0.5, 0.6) is 11.5 Å². The van der Waals surface area contributed by atoms with Gasteiger partial charge in [-0.05, 0) is 30.3 Å². The molecule has 110 valence electrons. The highest BCUT2D eigenvalue weighted by atomic mass is 19.4. The summed E-state index contributed by atoms with van der Waals surface area (Å²) in [4.78, 5) is 14.5. The van der Waals surface area contributed by atoms with Gasteiger partial charge in [0.1, 0.15) is 11.6 Å². The lowest BCUT2D eigenvalue weighted by Gasteiger charge is -2.12. The van der Waals surface area contributed by atoms with Crippen LogP contribution in [-0.2, 0) is 6.18 Å². The van der Waals surface area contributed by atoms with Gasteiger partial charge in [-0.1, -0.05) is 0 Å². The minimum Gasteiger partial charge on any atom is -0.455 e. The van der Waals surface area contributed by atoms with Crippen molar-refractivity contribution in [2.45, 2.75) is 6.18 Å². The van der Waals surface area contributed by atoms with Crippen LogP contribution in [-0.4, -0.2) is 10.9 Å². The van der Waals surface area contributed by atoms with Gasteiger partial charge < -0.3 is 10.5 Å². The van der Waals surface area contributed by atoms with Gasteiger partial charge in [-0.15, -0.1) is 0 Å². The molecule has 21 heavy (non-hydrogen) atoms. The lowest BCUT2D eigenvalue weighted by atomic mass is 10.2. The molecule has 0 aliphatic rings. The number of hydrogen-bond acceptors (Lipinski definition) is 3. The van der Waals surface area contributed by atoms with Gasteiger partial charge in [-0.2, -0.15) is 13.2 Å². The number of alkyl halides is 3. The molecule has 2 aromatic rings. The van der Waals surface area contributed by atoms with Gasteiger partial charge >= 0.3 is 6.18 Å². The highest BCUT2D eigenvalue weighted by Gasteiger charge is 2.32. The minimum absolute atomic E-state index is 0.0417. The molecule has 4 nitrogen and oxygen atoms in total. The lowest BCUT2D eigenvalue weighted by Crippen LogP contribution is -2.16. The topological polar surface area (TPSA) is 65.2 Å². The first-order valence-corrected chi connectivity index (χ1v) is 5.58. The van der Waals surface area contributed by atoms with Crippen molar-refractivity contribution in [3.8, 4) is 11.5 Å². The Bertz CT molecular complexity index is 669. The van der Waals surface area contributed by atoms with Crippen molar-refractivity contribution in [3.63, 3.8) is 0 Å². The molecular weight excluding hydrogens is 292 g/mol. The van der Waals surface area contributed by atoms with Crippen molar-refractivity contribution in [2.75, 3.05) is 0 Å². The van der Waals surface area contributed by atoms with Crippen LogP contribution in [0.2, 0.25) is 0 Å². The van der Waals surface area contributed by atoms with Crippen molar-refractivity contribution < 1.29 is 27.1 Å². The number of halogens is 4. The maximum absolute atomic E-state index is 12.8. The number of amides is 1. The number of hydrogen-bond donors (Lipinski definition) is 1. The molecule has 0 saturated heterocycles. The number of primary amides is 1. The smallest absolute Gasteiger partial charge is 0.418 e. The third-order valence-corrected chi connectivity index (χ3v) is 2.45. The molecular formula is C13H8F4N2O2. The van der Waals surface area contributed by atoms with Gasteiger partial charge in [0.05, 0.1) is 5.56 Å². The second-order valence-corrected chi connectivity index (χ2v) is 3.99. The number of carbonyl (C=O) groups excluding carboxylic acids is 1. The van der Waals surface area contributed by atoms with Crippen molar-refractivity contribution in [3.05, 3.63) is 53.6 Å². The fraction of sp³-hybridized carbons (Fsp3) is 0.0769. The van der Waals surface area contributed by atoms with E-state index < -0.39 is 34.9 Å². The summed E-state index contributed by atoms with van der Waals surface area (Å²) in [6.07, 6.45) is -4.16. The molecule has 0 aliphatic heterocycles. The fourth-order valence-electron chi connectivity index (χ4n) is 1.49. The standard InChI is InChI=1S/C13H8F4N2O2/c14-8-1-3-9(4-2-8)21-10-5-7(13(15,16)17)6-19-11(10)12(18)20/h1-6H,(H2,18,20). The predicted octanol–water partition coefficient (Wildman–Crippen LogP) is 3.13. The second kappa shape index (κ2) is 5.39. The SMILES string of the molecule is NC(=O)c1ncc(C(F)(F)F)cc1Oc1ccc(F)cc1. The molecule has 2 rings (SSSR count). The molecule has 0 spiro atoms. The van der Waals surface area contributed by atoms with Crippen molar-refractivity contribution in [1.82, 2.24) is 4.98 Å². The van der Waals surface area contributed by atoms with Gasteiger partial charge in [-0.25, -0.2) is 9.37 Å². The van der Waals surface area contributed by atoms with E-state index in [2.05, 4.69) is 4.98 Å². The van der Waals surface area contributed by atoms with E-state index in [1.165, 1.54) is 12.1 Å². The van der Waals surface area contributed by atoms with Crippen molar-refractivity contribution in [1.29, 1.82) is 0 Å². The Morgan fingerprint density at radius 3 is 2.33 bits per heavy atom. The zero-order chi connectivity index (χ0) is 15.6. The molecule has 8 heteroatoms. The van der Waals surface area contributed by atoms with Crippen LogP contribution < -0.4 is 10.5 Å². The fourth-order valence-corrected chi connectivity index (χ4v) is 1.49. The first-order valence-electron chi connectivity index (χ1n) is 5.58. The van der Waals surface area contributed by atoms with Crippen LogP contribution in [0.15, 0.2) is 36.5 Å². The summed E-state index contributed by atoms with van der Waals surface area (Å²) in [5.74, 6) is -2.00. The number of rotatable bonds is 3. The summed E-state index contributed by atoms with van der Waals surface area (Å²) < 4.78 is 55.8. The molecule has 0 unspecified atom stereocenters. The highest BCUT2D eigenvalue weighted by molar-refractivity contribution is 5.93. The average molecular weight is 300 g/mol. The maximum atomic E-state index is 12.8. The molecule has 0 fully saturated rings. The van der Waals surface area contributed by atoms with Gasteiger partial charge in [0.25, 0.3) is 5.91 Å². The van der Waals surface area contributed by atoms with Crippen LogP contribution in [0.1, 0.15) is 16.1 Å². The molecule has 0 saturated carbocycles. The first kappa shape index (κ1) is 14.8. The molecule has 1 heterocycles. The van der Waals surface area contributed by atoms with Gasteiger partial charge in [-0.3, -0.25) is 4.79 Å². The van der Waals surface area contributed by atoms with E-state index in [1.807, 2.05) is 0 Å². The monoisotopic (exact) mass is 300 g/mol. The molecule has 0 bridgehead atoms. The van der Waals surface area contributed by atoms with Crippen LogP contribution in [0.4, 0.5) is 17.6 Å². The summed E-state index contributed by atoms with van der Waals surface area (Å²) in [5.41, 5.74) is 3.48. The average Bonchev–Trinajstić information content (AvgIpc) is 2.40. The summed E-state index contributed by atoms with van der Waals surface area (Å²) in [7, 11) is 0. The molecule has 0 radical (unpaired) electrons. The van der Waals surface area contributed by atoms with Gasteiger partial charge in [0.15, 0.2) is 11.4 Å². The Morgan fingerprint density at radius 1 is 1.19 bits per heavy atom. The molecule has 1 amide bonds. The van der Waals surface area contributed by atoms with Crippen molar-refractivity contribution >= 4 is 5.91 Å². The molecule has 0 aliphatic carbocycles. The second-order valence-electron chi connectivity index (χ2n) is 3.99. The van der Waals surface area contributed by atoms with E-state index in [9.17, 15) is 22.4 Å². The largest absolute Gasteiger partial charge is 0.455 e. The number of ether oxygens (including phenoxy) is 1. The predicted molar refractivity (Wildman–Crippen MR) is 64.2 cm³/mol. The summed E-state index contributed by atoms with van der Waals surface area (Å²) in [6, 6.07) is 5.11. The van der Waals surface area contributed by atoms with Crippen LogP contribution in [0.25, 0.3) is 0 Å².